The highest BCUT2D eigenvalue weighted by Crippen LogP contribution is 2.30. The van der Waals surface area contributed by atoms with E-state index in [1.54, 1.807) is 12.1 Å². The van der Waals surface area contributed by atoms with Crippen LogP contribution in [0.25, 0.3) is 17.1 Å². The van der Waals surface area contributed by atoms with Crippen molar-refractivity contribution >= 4 is 5.69 Å². The van der Waals surface area contributed by atoms with Gasteiger partial charge in [0, 0.05) is 54.9 Å². The highest BCUT2D eigenvalue weighted by Gasteiger charge is 2.30. The lowest BCUT2D eigenvalue weighted by Crippen LogP contribution is -2.35. The molecule has 0 unspecified atom stereocenters. The second-order valence-corrected chi connectivity index (χ2v) is 8.34. The molecule has 0 aliphatic carbocycles. The Hall–Kier alpha value is -3.85. The highest BCUT2D eigenvalue weighted by atomic mass is 19.4. The molecular weight excluding hydrogens is 443 g/mol. The van der Waals surface area contributed by atoms with Gasteiger partial charge in [-0.1, -0.05) is 0 Å². The van der Waals surface area contributed by atoms with Crippen molar-refractivity contribution in [1.29, 1.82) is 0 Å². The number of hydrogen-bond acceptors (Lipinski definition) is 4. The van der Waals surface area contributed by atoms with E-state index in [0.29, 0.717) is 48.8 Å². The van der Waals surface area contributed by atoms with Gasteiger partial charge in [-0.25, -0.2) is 4.98 Å². The summed E-state index contributed by atoms with van der Waals surface area (Å²) >= 11 is 0. The molecule has 2 aromatic heterocycles. The Balaban J connectivity index is 1.35. The molecule has 1 aliphatic rings. The molecule has 174 valence electrons. The number of hydrogen-bond donors (Lipinski definition) is 2. The van der Waals surface area contributed by atoms with Crippen molar-refractivity contribution in [2.24, 2.45) is 0 Å². The monoisotopic (exact) mass is 465 g/mol. The molecule has 0 saturated carbocycles. The summed E-state index contributed by atoms with van der Waals surface area (Å²) in [7, 11) is 0. The molecule has 0 bridgehead atoms. The van der Waals surface area contributed by atoms with Crippen molar-refractivity contribution < 1.29 is 13.2 Å². The predicted molar refractivity (Wildman–Crippen MR) is 123 cm³/mol. The first-order valence-corrected chi connectivity index (χ1v) is 10.8. The molecular formula is C25H22F3N5O. The van der Waals surface area contributed by atoms with Crippen LogP contribution in [0.5, 0.6) is 0 Å². The van der Waals surface area contributed by atoms with Gasteiger partial charge in [0.15, 0.2) is 0 Å². The Morgan fingerprint density at radius 2 is 1.76 bits per heavy atom. The lowest BCUT2D eigenvalue weighted by molar-refractivity contribution is -0.137. The number of aromatic nitrogens is 3. The Labute approximate surface area is 193 Å². The maximum atomic E-state index is 12.9. The van der Waals surface area contributed by atoms with Crippen LogP contribution in [-0.2, 0) is 25.7 Å². The number of fused-ring (bicyclic) bond motifs is 1. The van der Waals surface area contributed by atoms with Crippen molar-refractivity contribution in [3.8, 4) is 17.1 Å². The average molecular weight is 465 g/mol. The second-order valence-electron chi connectivity index (χ2n) is 8.34. The molecule has 3 N–H and O–H groups in total. The molecule has 1 aliphatic heterocycles. The van der Waals surface area contributed by atoms with E-state index in [0.717, 1.165) is 29.1 Å². The molecule has 0 amide bonds. The number of nitrogens with zero attached hydrogens (tertiary/aromatic N) is 3. The standard InChI is InChI=1S/C25H22F3N5O/c26-25(27,28)17-5-9-19(10-6-17)33-12-1-2-20(33)14-32-13-11-22-21(15-32)24(34)31-23(30-22)16-3-7-18(29)8-4-16/h1-10,12H,11,13-15,29H2,(H,30,31,34). The summed E-state index contributed by atoms with van der Waals surface area (Å²) in [5.74, 6) is 0.522. The topological polar surface area (TPSA) is 79.9 Å². The molecule has 2 aromatic carbocycles. The van der Waals surface area contributed by atoms with E-state index in [-0.39, 0.29) is 5.56 Å². The predicted octanol–water partition coefficient (Wildman–Crippen LogP) is 4.39. The van der Waals surface area contributed by atoms with Crippen LogP contribution in [0.4, 0.5) is 18.9 Å². The number of halogens is 3. The number of benzene rings is 2. The number of nitrogens with two attached hydrogens (primary N) is 1. The third kappa shape index (κ3) is 4.34. The number of nitrogens with one attached hydrogen (secondary N) is 1. The summed E-state index contributed by atoms with van der Waals surface area (Å²) in [6.45, 7) is 1.70. The van der Waals surface area contributed by atoms with E-state index in [1.165, 1.54) is 12.1 Å². The molecule has 9 heteroatoms. The number of H-pyrrole nitrogens is 1. The van der Waals surface area contributed by atoms with Gasteiger partial charge in [-0.15, -0.1) is 0 Å². The fraction of sp³-hybridized carbons (Fsp3) is 0.200. The molecule has 3 heterocycles. The Morgan fingerprint density at radius 1 is 1.03 bits per heavy atom. The Kier molecular flexibility index (Phi) is 5.49. The van der Waals surface area contributed by atoms with Crippen LogP contribution in [-0.4, -0.2) is 26.0 Å². The number of aromatic amines is 1. The normalized spacial score (nSPS) is 14.2. The van der Waals surface area contributed by atoms with Crippen LogP contribution in [0.1, 0.15) is 22.5 Å². The number of alkyl halides is 3. The Bertz CT molecular complexity index is 1370. The Morgan fingerprint density at radius 3 is 2.47 bits per heavy atom. The summed E-state index contributed by atoms with van der Waals surface area (Å²) in [4.78, 5) is 22.5. The first kappa shape index (κ1) is 22.0. The summed E-state index contributed by atoms with van der Waals surface area (Å²) in [6, 6.07) is 16.1. The van der Waals surface area contributed by atoms with Gasteiger partial charge in [0.2, 0.25) is 0 Å². The maximum Gasteiger partial charge on any atom is 0.416 e. The molecule has 6 nitrogen and oxygen atoms in total. The first-order chi connectivity index (χ1) is 16.3. The van der Waals surface area contributed by atoms with Crippen molar-refractivity contribution in [2.75, 3.05) is 12.3 Å². The molecule has 0 atom stereocenters. The number of anilines is 1. The zero-order valence-electron chi connectivity index (χ0n) is 18.1. The number of nitrogen functional groups attached to an aromatic ring is 1. The minimum Gasteiger partial charge on any atom is -0.399 e. The van der Waals surface area contributed by atoms with E-state index >= 15 is 0 Å². The summed E-state index contributed by atoms with van der Waals surface area (Å²) in [6.07, 6.45) is -1.92. The smallest absolute Gasteiger partial charge is 0.399 e. The van der Waals surface area contributed by atoms with Gasteiger partial charge in [0.25, 0.3) is 5.56 Å². The second kappa shape index (κ2) is 8.49. The fourth-order valence-corrected chi connectivity index (χ4v) is 4.23. The van der Waals surface area contributed by atoms with E-state index < -0.39 is 11.7 Å². The SMILES string of the molecule is Nc1ccc(-c2nc3c(c(=O)[nH]2)CN(Cc2cccn2-c2ccc(C(F)(F)F)cc2)CC3)cc1. The molecule has 0 saturated heterocycles. The van der Waals surface area contributed by atoms with E-state index in [1.807, 2.05) is 35.0 Å². The summed E-state index contributed by atoms with van der Waals surface area (Å²) in [5, 5.41) is 0. The van der Waals surface area contributed by atoms with Crippen LogP contribution in [0, 0.1) is 0 Å². The van der Waals surface area contributed by atoms with Crippen molar-refractivity contribution in [3.63, 3.8) is 0 Å². The van der Waals surface area contributed by atoms with E-state index in [4.69, 9.17) is 5.73 Å². The van der Waals surface area contributed by atoms with Gasteiger partial charge in [-0.05, 0) is 60.7 Å². The minimum absolute atomic E-state index is 0.167. The van der Waals surface area contributed by atoms with E-state index in [2.05, 4.69) is 14.9 Å². The quantitative estimate of drug-likeness (QED) is 0.438. The zero-order valence-corrected chi connectivity index (χ0v) is 18.1. The van der Waals surface area contributed by atoms with Crippen LogP contribution < -0.4 is 11.3 Å². The van der Waals surface area contributed by atoms with Crippen LogP contribution in [0.3, 0.4) is 0 Å². The van der Waals surface area contributed by atoms with Crippen LogP contribution in [0.15, 0.2) is 71.7 Å². The minimum atomic E-state index is -4.37. The molecule has 34 heavy (non-hydrogen) atoms. The number of rotatable bonds is 4. The van der Waals surface area contributed by atoms with Gasteiger partial charge < -0.3 is 15.3 Å². The maximum absolute atomic E-state index is 12.9. The third-order valence-corrected chi connectivity index (χ3v) is 6.02. The highest BCUT2D eigenvalue weighted by molar-refractivity contribution is 5.58. The van der Waals surface area contributed by atoms with Crippen LogP contribution >= 0.6 is 0 Å². The molecule has 0 fully saturated rings. The molecule has 0 radical (unpaired) electrons. The fourth-order valence-electron chi connectivity index (χ4n) is 4.23. The largest absolute Gasteiger partial charge is 0.416 e. The molecule has 5 rings (SSSR count). The van der Waals surface area contributed by atoms with Gasteiger partial charge in [0.1, 0.15) is 5.82 Å². The molecule has 4 aromatic rings. The van der Waals surface area contributed by atoms with Gasteiger partial charge in [0.05, 0.1) is 16.8 Å². The van der Waals surface area contributed by atoms with Crippen molar-refractivity contribution in [1.82, 2.24) is 19.4 Å². The summed E-state index contributed by atoms with van der Waals surface area (Å²) in [5.41, 5.74) is 9.33. The first-order valence-electron chi connectivity index (χ1n) is 10.8. The van der Waals surface area contributed by atoms with E-state index in [9.17, 15) is 18.0 Å². The summed E-state index contributed by atoms with van der Waals surface area (Å²) < 4.78 is 40.5. The van der Waals surface area contributed by atoms with Gasteiger partial charge >= 0.3 is 6.18 Å². The third-order valence-electron chi connectivity index (χ3n) is 6.02. The van der Waals surface area contributed by atoms with Gasteiger partial charge in [-0.3, -0.25) is 9.69 Å². The molecule has 0 spiro atoms. The van der Waals surface area contributed by atoms with Crippen molar-refractivity contribution in [2.45, 2.75) is 25.7 Å². The zero-order chi connectivity index (χ0) is 23.9. The van der Waals surface area contributed by atoms with Crippen LogP contribution in [0.2, 0.25) is 0 Å². The van der Waals surface area contributed by atoms with Gasteiger partial charge in [-0.2, -0.15) is 13.2 Å². The average Bonchev–Trinajstić information content (AvgIpc) is 3.27. The lowest BCUT2D eigenvalue weighted by atomic mass is 10.1. The van der Waals surface area contributed by atoms with Crippen molar-refractivity contribution in [3.05, 3.63) is 99.7 Å². The lowest BCUT2D eigenvalue weighted by Gasteiger charge is -2.28.